The smallest absolute Gasteiger partial charge is 0.235 e. The fourth-order valence-electron chi connectivity index (χ4n) is 7.64. The van der Waals surface area contributed by atoms with Gasteiger partial charge < -0.3 is 4.42 Å². The van der Waals surface area contributed by atoms with Crippen molar-refractivity contribution in [2.24, 2.45) is 0 Å². The number of aromatic nitrogens is 5. The third-order valence-corrected chi connectivity index (χ3v) is 10.0. The van der Waals surface area contributed by atoms with E-state index in [9.17, 15) is 0 Å². The fraction of sp³-hybridized carbons (Fsp3) is 0. The van der Waals surface area contributed by atoms with Crippen LogP contribution in [-0.2, 0) is 0 Å². The van der Waals surface area contributed by atoms with Crippen LogP contribution in [0.15, 0.2) is 168 Å². The van der Waals surface area contributed by atoms with Crippen LogP contribution >= 0.6 is 0 Å². The highest BCUT2D eigenvalue weighted by Gasteiger charge is 2.23. The largest absolute Gasteiger partial charge is 0.438 e. The monoisotopic (exact) mass is 665 g/mol. The van der Waals surface area contributed by atoms with Gasteiger partial charge in [0.2, 0.25) is 11.7 Å². The lowest BCUT2D eigenvalue weighted by molar-refractivity contribution is 0.654. The number of fused-ring (bicyclic) bond motifs is 9. The second-order valence-corrected chi connectivity index (χ2v) is 13.0. The summed E-state index contributed by atoms with van der Waals surface area (Å²) >= 11 is 0. The van der Waals surface area contributed by atoms with Gasteiger partial charge in [-0.1, -0.05) is 140 Å². The van der Waals surface area contributed by atoms with Crippen molar-refractivity contribution < 1.29 is 4.42 Å². The first-order valence-corrected chi connectivity index (χ1v) is 17.3. The van der Waals surface area contributed by atoms with Crippen LogP contribution in [0.1, 0.15) is 0 Å². The summed E-state index contributed by atoms with van der Waals surface area (Å²) in [4.78, 5) is 20.9. The van der Waals surface area contributed by atoms with Crippen LogP contribution in [0, 0.1) is 0 Å². The normalized spacial score (nSPS) is 11.8. The van der Waals surface area contributed by atoms with E-state index in [1.54, 1.807) is 0 Å². The number of hydrogen-bond acceptors (Lipinski definition) is 5. The minimum absolute atomic E-state index is 0.547. The maximum atomic E-state index is 6.64. The number of para-hydroxylation sites is 1. The van der Waals surface area contributed by atoms with Gasteiger partial charge in [0.05, 0.1) is 33.3 Å². The predicted octanol–water partition coefficient (Wildman–Crippen LogP) is 11.6. The predicted molar refractivity (Wildman–Crippen MR) is 211 cm³/mol. The molecule has 6 heteroatoms. The molecular weight excluding hydrogens is 639 g/mol. The summed E-state index contributed by atoms with van der Waals surface area (Å²) in [5.41, 5.74) is 8.87. The standard InChI is InChI=1S/C46H27N5O/c1-4-15-29(16-5-1)41-34-25-24-28-14-10-11-21-32(28)43(34)49-46(48-41)51-37-23-13-12-22-33(37)35-27-39-36(26-38(35)51)40-42(30-17-6-2-7-18-30)47-44(50-45(40)52-39)31-19-8-3-9-20-31/h1-27H. The van der Waals surface area contributed by atoms with Gasteiger partial charge in [-0.25, -0.2) is 15.0 Å². The molecule has 6 nitrogen and oxygen atoms in total. The summed E-state index contributed by atoms with van der Waals surface area (Å²) in [5.74, 6) is 1.22. The van der Waals surface area contributed by atoms with Crippen LogP contribution in [0.3, 0.4) is 0 Å². The lowest BCUT2D eigenvalue weighted by atomic mass is 10.0. The molecule has 0 aliphatic carbocycles. The Morgan fingerprint density at radius 1 is 0.423 bits per heavy atom. The molecule has 0 saturated carbocycles. The molecule has 0 atom stereocenters. The molecule has 4 heterocycles. The van der Waals surface area contributed by atoms with Crippen molar-refractivity contribution in [3.05, 3.63) is 164 Å². The average molecular weight is 666 g/mol. The van der Waals surface area contributed by atoms with Gasteiger partial charge in [0.25, 0.3) is 0 Å². The van der Waals surface area contributed by atoms with Crippen molar-refractivity contribution in [1.82, 2.24) is 24.5 Å². The molecular formula is C46H27N5O. The third kappa shape index (κ3) is 4.31. The molecule has 0 unspecified atom stereocenters. The van der Waals surface area contributed by atoms with E-state index in [-0.39, 0.29) is 0 Å². The molecule has 0 aliphatic heterocycles. The van der Waals surface area contributed by atoms with Gasteiger partial charge in [-0.15, -0.1) is 0 Å². The molecule has 0 saturated heterocycles. The van der Waals surface area contributed by atoms with Gasteiger partial charge in [0, 0.05) is 43.6 Å². The maximum Gasteiger partial charge on any atom is 0.235 e. The molecule has 11 rings (SSSR count). The highest BCUT2D eigenvalue weighted by Crippen LogP contribution is 2.41. The highest BCUT2D eigenvalue weighted by atomic mass is 16.3. The number of benzene rings is 7. The fourth-order valence-corrected chi connectivity index (χ4v) is 7.64. The Kier molecular flexibility index (Phi) is 6.15. The van der Waals surface area contributed by atoms with Gasteiger partial charge in [-0.05, 0) is 29.7 Å². The molecule has 0 spiro atoms. The zero-order chi connectivity index (χ0) is 34.2. The van der Waals surface area contributed by atoms with Gasteiger partial charge in [-0.3, -0.25) is 4.57 Å². The van der Waals surface area contributed by atoms with Crippen LogP contribution in [0.25, 0.3) is 105 Å². The first kappa shape index (κ1) is 28.6. The number of nitrogens with zero attached hydrogens (tertiary/aromatic N) is 5. The van der Waals surface area contributed by atoms with Crippen LogP contribution in [0.2, 0.25) is 0 Å². The molecule has 52 heavy (non-hydrogen) atoms. The van der Waals surface area contributed by atoms with E-state index >= 15 is 0 Å². The van der Waals surface area contributed by atoms with E-state index in [1.807, 2.05) is 54.6 Å². The Balaban J connectivity index is 1.26. The van der Waals surface area contributed by atoms with Crippen LogP contribution in [0.4, 0.5) is 0 Å². The van der Waals surface area contributed by atoms with E-state index in [0.29, 0.717) is 17.5 Å². The Morgan fingerprint density at radius 3 is 1.85 bits per heavy atom. The zero-order valence-corrected chi connectivity index (χ0v) is 27.7. The molecule has 0 aliphatic rings. The number of rotatable bonds is 4. The molecule has 242 valence electrons. The van der Waals surface area contributed by atoms with Crippen molar-refractivity contribution in [3.63, 3.8) is 0 Å². The van der Waals surface area contributed by atoms with Crippen molar-refractivity contribution in [3.8, 4) is 39.9 Å². The summed E-state index contributed by atoms with van der Waals surface area (Å²) in [6.07, 6.45) is 0. The number of hydrogen-bond donors (Lipinski definition) is 0. The molecule has 0 N–H and O–H groups in total. The lowest BCUT2D eigenvalue weighted by Gasteiger charge is -2.13. The highest BCUT2D eigenvalue weighted by molar-refractivity contribution is 6.19. The molecule has 0 amide bonds. The number of furan rings is 1. The van der Waals surface area contributed by atoms with E-state index < -0.39 is 0 Å². The van der Waals surface area contributed by atoms with E-state index in [0.717, 1.165) is 87.9 Å². The Morgan fingerprint density at radius 2 is 1.08 bits per heavy atom. The van der Waals surface area contributed by atoms with E-state index in [4.69, 9.17) is 24.4 Å². The SMILES string of the molecule is c1ccc(-c2nc(-c3ccccc3)c3c(n2)oc2cc4c5ccccc5n(-c5nc(-c6ccccc6)c6ccc7ccccc7c6n5)c4cc23)cc1. The third-order valence-electron chi connectivity index (χ3n) is 10.0. The van der Waals surface area contributed by atoms with Crippen LogP contribution in [0.5, 0.6) is 0 Å². The van der Waals surface area contributed by atoms with E-state index in [2.05, 4.69) is 114 Å². The average Bonchev–Trinajstić information content (AvgIpc) is 3.74. The minimum atomic E-state index is 0.547. The van der Waals surface area contributed by atoms with Crippen molar-refractivity contribution in [2.45, 2.75) is 0 Å². The van der Waals surface area contributed by atoms with E-state index in [1.165, 1.54) is 0 Å². The van der Waals surface area contributed by atoms with Crippen molar-refractivity contribution in [1.29, 1.82) is 0 Å². The molecule has 0 radical (unpaired) electrons. The van der Waals surface area contributed by atoms with Gasteiger partial charge in [0.15, 0.2) is 5.82 Å². The Hall–Kier alpha value is -7.18. The molecule has 0 bridgehead atoms. The quantitative estimate of drug-likeness (QED) is 0.175. The molecule has 7 aromatic carbocycles. The van der Waals surface area contributed by atoms with Gasteiger partial charge in [0.1, 0.15) is 5.58 Å². The summed E-state index contributed by atoms with van der Waals surface area (Å²) in [6.45, 7) is 0. The lowest BCUT2D eigenvalue weighted by Crippen LogP contribution is -2.03. The summed E-state index contributed by atoms with van der Waals surface area (Å²) in [6, 6.07) is 56.2. The molecule has 11 aromatic rings. The topological polar surface area (TPSA) is 69.6 Å². The molecule has 0 fully saturated rings. The first-order chi connectivity index (χ1) is 25.8. The second kappa shape index (κ2) is 11.2. The molecule has 4 aromatic heterocycles. The van der Waals surface area contributed by atoms with Crippen LogP contribution < -0.4 is 0 Å². The zero-order valence-electron chi connectivity index (χ0n) is 27.7. The summed E-state index contributed by atoms with van der Waals surface area (Å²) in [5, 5.41) is 7.16. The maximum absolute atomic E-state index is 6.64. The van der Waals surface area contributed by atoms with Crippen molar-refractivity contribution >= 4 is 65.6 Å². The van der Waals surface area contributed by atoms with Gasteiger partial charge in [-0.2, -0.15) is 4.98 Å². The first-order valence-electron chi connectivity index (χ1n) is 17.3. The summed E-state index contributed by atoms with van der Waals surface area (Å²) < 4.78 is 8.83. The van der Waals surface area contributed by atoms with Gasteiger partial charge >= 0.3 is 0 Å². The second-order valence-electron chi connectivity index (χ2n) is 13.0. The summed E-state index contributed by atoms with van der Waals surface area (Å²) in [7, 11) is 0. The van der Waals surface area contributed by atoms with Crippen molar-refractivity contribution in [2.75, 3.05) is 0 Å². The Bertz CT molecular complexity index is 3170. The van der Waals surface area contributed by atoms with Crippen LogP contribution in [-0.4, -0.2) is 24.5 Å². The minimum Gasteiger partial charge on any atom is -0.438 e. The Labute approximate surface area is 297 Å².